The molecule has 2 aromatic carbocycles. The molecule has 1 aliphatic rings. The van der Waals surface area contributed by atoms with Crippen molar-refractivity contribution >= 4 is 29.4 Å². The zero-order valence-corrected chi connectivity index (χ0v) is 21.2. The van der Waals surface area contributed by atoms with Crippen molar-refractivity contribution in [2.24, 2.45) is 11.8 Å². The number of nitrogens with two attached hydrogens (primary N) is 2. The van der Waals surface area contributed by atoms with E-state index in [2.05, 4.69) is 13.5 Å². The van der Waals surface area contributed by atoms with Gasteiger partial charge in [-0.3, -0.25) is 4.79 Å². The first-order valence-electron chi connectivity index (χ1n) is 12.8. The Morgan fingerprint density at radius 3 is 2.33 bits per heavy atom. The number of nitrogen functional groups attached to an aromatic ring is 2. The zero-order valence-electron chi connectivity index (χ0n) is 21.2. The van der Waals surface area contributed by atoms with Gasteiger partial charge in [-0.05, 0) is 85.6 Å². The maximum atomic E-state index is 12.5. The molecule has 1 atom stereocenters. The van der Waals surface area contributed by atoms with E-state index in [1.807, 2.05) is 18.2 Å². The Morgan fingerprint density at radius 2 is 1.72 bits per heavy atom. The molecule has 36 heavy (non-hydrogen) atoms. The Balaban J connectivity index is 1.50. The summed E-state index contributed by atoms with van der Waals surface area (Å²) in [7, 11) is 0. The molecule has 0 heterocycles. The number of benzene rings is 2. The summed E-state index contributed by atoms with van der Waals surface area (Å²) < 4.78 is 11.1. The fraction of sp³-hybridized carbons (Fsp3) is 0.400. The molecular formula is C30H38N2O4. The van der Waals surface area contributed by atoms with Crippen molar-refractivity contribution < 1.29 is 19.1 Å². The number of rotatable bonds is 11. The molecule has 1 unspecified atom stereocenters. The molecule has 0 aliphatic heterocycles. The summed E-state index contributed by atoms with van der Waals surface area (Å²) in [6, 6.07) is 12.6. The number of carbonyl (C=O) groups is 2. The second kappa shape index (κ2) is 13.5. The van der Waals surface area contributed by atoms with Crippen LogP contribution in [-0.2, 0) is 14.3 Å². The first-order chi connectivity index (χ1) is 17.4. The largest absolute Gasteiger partial charge is 0.462 e. The van der Waals surface area contributed by atoms with Crippen molar-refractivity contribution in [3.05, 3.63) is 72.3 Å². The topological polar surface area (TPSA) is 105 Å². The van der Waals surface area contributed by atoms with Gasteiger partial charge in [0.25, 0.3) is 0 Å². The number of allylic oxidation sites excluding steroid dienone is 1. The predicted octanol–water partition coefficient (Wildman–Crippen LogP) is 6.28. The number of esters is 2. The van der Waals surface area contributed by atoms with E-state index in [4.69, 9.17) is 20.9 Å². The van der Waals surface area contributed by atoms with Gasteiger partial charge in [0.2, 0.25) is 0 Å². The molecule has 0 aromatic heterocycles. The summed E-state index contributed by atoms with van der Waals surface area (Å²) in [5, 5.41) is 0. The van der Waals surface area contributed by atoms with Crippen LogP contribution in [0, 0.1) is 11.8 Å². The highest BCUT2D eigenvalue weighted by Crippen LogP contribution is 2.31. The molecular weight excluding hydrogens is 452 g/mol. The molecule has 192 valence electrons. The van der Waals surface area contributed by atoms with Gasteiger partial charge in [-0.2, -0.15) is 0 Å². The number of unbranched alkanes of at least 4 members (excludes halogenated alkanes) is 1. The van der Waals surface area contributed by atoms with E-state index in [9.17, 15) is 9.59 Å². The molecule has 6 heteroatoms. The molecule has 1 aliphatic carbocycles. The lowest BCUT2D eigenvalue weighted by Crippen LogP contribution is -2.25. The van der Waals surface area contributed by atoms with E-state index in [-0.39, 0.29) is 24.4 Å². The van der Waals surface area contributed by atoms with Crippen LogP contribution in [0.15, 0.2) is 61.2 Å². The third kappa shape index (κ3) is 8.29. The standard InChI is InChI=1S/C30H38N2O4/c1-3-5-6-24(25-17-26(31)19-27(32)18-25)20-35-29(33)16-11-22-9-14-28(15-10-22)36-30(34)23-12-7-21(4-2)8-13-23/h4,9-11,14-19,21,23-24H,2-3,5-8,12-13,20,31-32H2,1H3/b16-11+. The van der Waals surface area contributed by atoms with Gasteiger partial charge in [-0.15, -0.1) is 6.58 Å². The Kier molecular flexibility index (Phi) is 10.2. The van der Waals surface area contributed by atoms with E-state index < -0.39 is 5.97 Å². The fourth-order valence-corrected chi connectivity index (χ4v) is 4.57. The normalized spacial score (nSPS) is 18.5. The Morgan fingerprint density at radius 1 is 1.06 bits per heavy atom. The van der Waals surface area contributed by atoms with E-state index >= 15 is 0 Å². The summed E-state index contributed by atoms with van der Waals surface area (Å²) in [5.74, 6) is 0.396. The highest BCUT2D eigenvalue weighted by Gasteiger charge is 2.26. The van der Waals surface area contributed by atoms with Gasteiger partial charge >= 0.3 is 11.9 Å². The third-order valence-electron chi connectivity index (χ3n) is 6.75. The maximum Gasteiger partial charge on any atom is 0.330 e. The average Bonchev–Trinajstić information content (AvgIpc) is 2.87. The van der Waals surface area contributed by atoms with Gasteiger partial charge in [0.15, 0.2) is 0 Å². The van der Waals surface area contributed by atoms with Crippen LogP contribution >= 0.6 is 0 Å². The highest BCUT2D eigenvalue weighted by atomic mass is 16.5. The molecule has 0 amide bonds. The minimum atomic E-state index is -0.418. The van der Waals surface area contributed by atoms with Gasteiger partial charge < -0.3 is 20.9 Å². The third-order valence-corrected chi connectivity index (χ3v) is 6.75. The van der Waals surface area contributed by atoms with Crippen molar-refractivity contribution in [1.82, 2.24) is 0 Å². The second-order valence-electron chi connectivity index (χ2n) is 9.57. The van der Waals surface area contributed by atoms with Crippen molar-refractivity contribution in [1.29, 1.82) is 0 Å². The first kappa shape index (κ1) is 27.1. The van der Waals surface area contributed by atoms with Crippen molar-refractivity contribution in [3.63, 3.8) is 0 Å². The number of ether oxygens (including phenoxy) is 2. The summed E-state index contributed by atoms with van der Waals surface area (Å²) in [6.07, 6.45) is 11.6. The van der Waals surface area contributed by atoms with E-state index in [1.54, 1.807) is 36.4 Å². The number of carbonyl (C=O) groups excluding carboxylic acids is 2. The quantitative estimate of drug-likeness (QED) is 0.126. The van der Waals surface area contributed by atoms with Crippen LogP contribution < -0.4 is 16.2 Å². The van der Waals surface area contributed by atoms with Crippen LogP contribution in [0.25, 0.3) is 6.08 Å². The average molecular weight is 491 g/mol. The predicted molar refractivity (Wildman–Crippen MR) is 145 cm³/mol. The monoisotopic (exact) mass is 490 g/mol. The number of anilines is 2. The van der Waals surface area contributed by atoms with E-state index in [0.29, 0.717) is 23.0 Å². The number of hydrogen-bond donors (Lipinski definition) is 2. The van der Waals surface area contributed by atoms with Gasteiger partial charge in [-0.1, -0.05) is 38.0 Å². The highest BCUT2D eigenvalue weighted by molar-refractivity contribution is 5.87. The van der Waals surface area contributed by atoms with E-state index in [1.165, 1.54) is 6.08 Å². The molecule has 0 bridgehead atoms. The van der Waals surface area contributed by atoms with Gasteiger partial charge in [0.1, 0.15) is 5.75 Å². The molecule has 2 aromatic rings. The molecule has 1 fully saturated rings. The fourth-order valence-electron chi connectivity index (χ4n) is 4.57. The summed E-state index contributed by atoms with van der Waals surface area (Å²) >= 11 is 0. The van der Waals surface area contributed by atoms with Crippen LogP contribution in [0.1, 0.15) is 68.9 Å². The molecule has 3 rings (SSSR count). The van der Waals surface area contributed by atoms with Crippen molar-refractivity contribution in [3.8, 4) is 5.75 Å². The lowest BCUT2D eigenvalue weighted by Gasteiger charge is -2.24. The minimum Gasteiger partial charge on any atom is -0.462 e. The van der Waals surface area contributed by atoms with Crippen LogP contribution in [0.2, 0.25) is 0 Å². The first-order valence-corrected chi connectivity index (χ1v) is 12.8. The summed E-state index contributed by atoms with van der Waals surface area (Å²) in [5.41, 5.74) is 14.9. The van der Waals surface area contributed by atoms with Crippen molar-refractivity contribution in [2.45, 2.75) is 57.8 Å². The van der Waals surface area contributed by atoms with Gasteiger partial charge in [0, 0.05) is 23.4 Å². The van der Waals surface area contributed by atoms with Crippen molar-refractivity contribution in [2.75, 3.05) is 18.1 Å². The second-order valence-corrected chi connectivity index (χ2v) is 9.57. The summed E-state index contributed by atoms with van der Waals surface area (Å²) in [4.78, 5) is 24.8. The van der Waals surface area contributed by atoms with Gasteiger partial charge in [0.05, 0.1) is 12.5 Å². The molecule has 0 saturated heterocycles. The van der Waals surface area contributed by atoms with Crippen LogP contribution in [0.4, 0.5) is 11.4 Å². The maximum absolute atomic E-state index is 12.5. The molecule has 6 nitrogen and oxygen atoms in total. The summed E-state index contributed by atoms with van der Waals surface area (Å²) in [6.45, 7) is 6.23. The Hall–Kier alpha value is -3.54. The molecule has 0 spiro atoms. The Bertz CT molecular complexity index is 1030. The lowest BCUT2D eigenvalue weighted by molar-refractivity contribution is -0.140. The van der Waals surface area contributed by atoms with Crippen LogP contribution in [0.3, 0.4) is 0 Å². The molecule has 4 N–H and O–H groups in total. The van der Waals surface area contributed by atoms with Crippen LogP contribution in [-0.4, -0.2) is 18.5 Å². The minimum absolute atomic E-state index is 0.0360. The Labute approximate surface area is 214 Å². The lowest BCUT2D eigenvalue weighted by atomic mass is 9.82. The van der Waals surface area contributed by atoms with E-state index in [0.717, 1.165) is 56.1 Å². The van der Waals surface area contributed by atoms with Gasteiger partial charge in [-0.25, -0.2) is 4.79 Å². The molecule has 0 radical (unpaired) electrons. The SMILES string of the molecule is C=CC1CCC(C(=O)Oc2ccc(/C=C/C(=O)OCC(CCCC)c3cc(N)cc(N)c3)cc2)CC1. The van der Waals surface area contributed by atoms with Crippen LogP contribution in [0.5, 0.6) is 5.75 Å². The molecule has 1 saturated carbocycles. The number of hydrogen-bond acceptors (Lipinski definition) is 6. The smallest absolute Gasteiger partial charge is 0.330 e. The zero-order chi connectivity index (χ0) is 25.9.